The zero-order chi connectivity index (χ0) is 15.0. The van der Waals surface area contributed by atoms with Crippen LogP contribution in [-0.4, -0.2) is 33.6 Å². The van der Waals surface area contributed by atoms with Crippen molar-refractivity contribution in [3.8, 4) is 0 Å². The zero-order valence-corrected chi connectivity index (χ0v) is 13.4. The van der Waals surface area contributed by atoms with E-state index in [2.05, 4.69) is 30.9 Å². The Kier molecular flexibility index (Phi) is 3.50. The molecule has 2 heterocycles. The Hall–Kier alpha value is -2.15. The molecule has 3 aromatic rings. The van der Waals surface area contributed by atoms with Crippen LogP contribution in [0, 0.1) is 0 Å². The van der Waals surface area contributed by atoms with Crippen LogP contribution in [0.15, 0.2) is 35.3 Å². The number of anilines is 2. The highest BCUT2D eigenvalue weighted by Crippen LogP contribution is 2.25. The minimum atomic E-state index is 0.645. The molecule has 108 valence electrons. The molecule has 0 aliphatic heterocycles. The lowest BCUT2D eigenvalue weighted by Gasteiger charge is -2.11. The largest absolute Gasteiger partial charge is 0.399 e. The molecule has 0 spiro atoms. The van der Waals surface area contributed by atoms with Crippen molar-refractivity contribution >= 4 is 38.6 Å². The van der Waals surface area contributed by atoms with E-state index in [0.717, 1.165) is 33.0 Å². The van der Waals surface area contributed by atoms with Gasteiger partial charge >= 0.3 is 0 Å². The summed E-state index contributed by atoms with van der Waals surface area (Å²) < 4.78 is 2.72. The highest BCUT2D eigenvalue weighted by atomic mass is 79.9. The number of rotatable bonds is 3. The molecule has 0 aliphatic carbocycles. The summed E-state index contributed by atoms with van der Waals surface area (Å²) in [6.45, 7) is 0.645. The molecule has 2 N–H and O–H groups in total. The maximum absolute atomic E-state index is 5.83. The molecule has 0 bridgehead atoms. The van der Waals surface area contributed by atoms with Crippen LogP contribution < -0.4 is 10.6 Å². The van der Waals surface area contributed by atoms with E-state index in [-0.39, 0.29) is 0 Å². The van der Waals surface area contributed by atoms with E-state index in [1.807, 2.05) is 47.8 Å². The van der Waals surface area contributed by atoms with Crippen LogP contribution in [-0.2, 0) is 6.54 Å². The van der Waals surface area contributed by atoms with Gasteiger partial charge in [-0.3, -0.25) is 4.57 Å². The Balaban J connectivity index is 2.11. The minimum Gasteiger partial charge on any atom is -0.399 e. The fourth-order valence-electron chi connectivity index (χ4n) is 2.24. The van der Waals surface area contributed by atoms with Gasteiger partial charge in [0.2, 0.25) is 0 Å². The number of fused-ring (bicyclic) bond motifs is 1. The fraction of sp³-hybridized carbons (Fsp3) is 0.214. The molecule has 0 aliphatic rings. The van der Waals surface area contributed by atoms with Gasteiger partial charge in [-0.25, -0.2) is 15.0 Å². The van der Waals surface area contributed by atoms with Crippen molar-refractivity contribution in [3.05, 3.63) is 40.9 Å². The van der Waals surface area contributed by atoms with E-state index in [1.165, 1.54) is 0 Å². The molecule has 21 heavy (non-hydrogen) atoms. The van der Waals surface area contributed by atoms with Crippen molar-refractivity contribution in [3.63, 3.8) is 0 Å². The first-order valence-electron chi connectivity index (χ1n) is 6.44. The summed E-state index contributed by atoms with van der Waals surface area (Å²) in [7, 11) is 3.87. The van der Waals surface area contributed by atoms with Crippen LogP contribution in [0.4, 0.5) is 11.5 Å². The maximum Gasteiger partial charge on any atom is 0.179 e. The summed E-state index contributed by atoms with van der Waals surface area (Å²) in [5, 5.41) is 0. The number of imidazole rings is 1. The molecular weight excluding hydrogens is 332 g/mol. The first-order valence-corrected chi connectivity index (χ1v) is 7.24. The van der Waals surface area contributed by atoms with E-state index in [0.29, 0.717) is 6.54 Å². The molecular formula is C14H15BrN6. The van der Waals surface area contributed by atoms with E-state index in [9.17, 15) is 0 Å². The molecule has 7 heteroatoms. The Morgan fingerprint density at radius 3 is 2.81 bits per heavy atom. The Labute approximate surface area is 130 Å². The van der Waals surface area contributed by atoms with Crippen molar-refractivity contribution in [1.82, 2.24) is 19.5 Å². The van der Waals surface area contributed by atoms with E-state index >= 15 is 0 Å². The van der Waals surface area contributed by atoms with Crippen LogP contribution in [0.25, 0.3) is 11.2 Å². The van der Waals surface area contributed by atoms with Crippen LogP contribution in [0.2, 0.25) is 0 Å². The maximum atomic E-state index is 5.83. The topological polar surface area (TPSA) is 72.9 Å². The molecule has 0 saturated carbocycles. The Morgan fingerprint density at radius 2 is 2.10 bits per heavy atom. The van der Waals surface area contributed by atoms with Gasteiger partial charge in [-0.05, 0) is 33.6 Å². The van der Waals surface area contributed by atoms with E-state index < -0.39 is 0 Å². The lowest BCUT2D eigenvalue weighted by Crippen LogP contribution is -2.11. The molecule has 0 amide bonds. The van der Waals surface area contributed by atoms with E-state index in [4.69, 9.17) is 5.73 Å². The Bertz CT molecular complexity index is 795. The average molecular weight is 347 g/mol. The third-order valence-electron chi connectivity index (χ3n) is 3.18. The Morgan fingerprint density at radius 1 is 1.29 bits per heavy atom. The van der Waals surface area contributed by atoms with Crippen LogP contribution in [0.1, 0.15) is 5.56 Å². The lowest BCUT2D eigenvalue weighted by molar-refractivity contribution is 0.790. The van der Waals surface area contributed by atoms with Crippen molar-refractivity contribution in [2.24, 2.45) is 0 Å². The number of nitrogen functional groups attached to an aromatic ring is 1. The van der Waals surface area contributed by atoms with Crippen LogP contribution in [0.3, 0.4) is 0 Å². The van der Waals surface area contributed by atoms with Gasteiger partial charge in [0.05, 0.1) is 6.54 Å². The normalized spacial score (nSPS) is 11.0. The highest BCUT2D eigenvalue weighted by molar-refractivity contribution is 9.10. The second kappa shape index (κ2) is 5.33. The number of nitrogens with zero attached hydrogens (tertiary/aromatic N) is 5. The smallest absolute Gasteiger partial charge is 0.179 e. The fourth-order valence-corrected chi connectivity index (χ4v) is 2.71. The molecule has 1 aromatic carbocycles. The number of nitrogens with two attached hydrogens (primary N) is 1. The molecule has 0 fully saturated rings. The van der Waals surface area contributed by atoms with Gasteiger partial charge < -0.3 is 10.6 Å². The molecule has 0 saturated heterocycles. The molecule has 2 aromatic heterocycles. The van der Waals surface area contributed by atoms with Gasteiger partial charge in [0, 0.05) is 19.8 Å². The van der Waals surface area contributed by atoms with Crippen molar-refractivity contribution in [1.29, 1.82) is 0 Å². The average Bonchev–Trinajstić information content (AvgIpc) is 2.75. The van der Waals surface area contributed by atoms with Crippen molar-refractivity contribution in [2.75, 3.05) is 24.7 Å². The summed E-state index contributed by atoms with van der Waals surface area (Å²) in [6.07, 6.45) is 1.56. The second-order valence-corrected chi connectivity index (χ2v) is 5.69. The third-order valence-corrected chi connectivity index (χ3v) is 3.79. The predicted octanol–water partition coefficient (Wildman–Crippen LogP) is 2.29. The second-order valence-electron chi connectivity index (χ2n) is 4.98. The van der Waals surface area contributed by atoms with Gasteiger partial charge in [0.25, 0.3) is 0 Å². The molecule has 6 nitrogen and oxygen atoms in total. The summed E-state index contributed by atoms with van der Waals surface area (Å²) in [5.41, 5.74) is 9.25. The first-order chi connectivity index (χ1) is 10.1. The number of halogens is 1. The van der Waals surface area contributed by atoms with Gasteiger partial charge in [0.1, 0.15) is 6.33 Å². The quantitative estimate of drug-likeness (QED) is 0.581. The lowest BCUT2D eigenvalue weighted by atomic mass is 10.2. The van der Waals surface area contributed by atoms with Gasteiger partial charge in [-0.2, -0.15) is 0 Å². The van der Waals surface area contributed by atoms with Gasteiger partial charge in [-0.1, -0.05) is 12.1 Å². The summed E-state index contributed by atoms with van der Waals surface area (Å²) >= 11 is 3.50. The number of benzene rings is 1. The monoisotopic (exact) mass is 346 g/mol. The molecule has 3 rings (SSSR count). The highest BCUT2D eigenvalue weighted by Gasteiger charge is 2.15. The van der Waals surface area contributed by atoms with Crippen LogP contribution >= 0.6 is 15.9 Å². The minimum absolute atomic E-state index is 0.645. The van der Waals surface area contributed by atoms with E-state index in [1.54, 1.807) is 6.33 Å². The van der Waals surface area contributed by atoms with Crippen molar-refractivity contribution < 1.29 is 0 Å². The predicted molar refractivity (Wildman–Crippen MR) is 87.3 cm³/mol. The summed E-state index contributed by atoms with van der Waals surface area (Å²) in [6, 6.07) is 7.80. The summed E-state index contributed by atoms with van der Waals surface area (Å²) in [5.74, 6) is 0.798. The summed E-state index contributed by atoms with van der Waals surface area (Å²) in [4.78, 5) is 15.1. The SMILES string of the molecule is CN(C)c1ncnc2c1nc(Br)n2Cc1cccc(N)c1. The molecule has 0 atom stereocenters. The van der Waals surface area contributed by atoms with Gasteiger partial charge in [-0.15, -0.1) is 0 Å². The third kappa shape index (κ3) is 2.56. The zero-order valence-electron chi connectivity index (χ0n) is 11.8. The molecule has 0 radical (unpaired) electrons. The standard InChI is InChI=1S/C14H15BrN6/c1-20(2)12-11-13(18-8-17-12)21(14(15)19-11)7-9-4-3-5-10(16)6-9/h3-6,8H,7,16H2,1-2H3. The van der Waals surface area contributed by atoms with Gasteiger partial charge in [0.15, 0.2) is 21.7 Å². The number of aromatic nitrogens is 4. The number of hydrogen-bond donors (Lipinski definition) is 1. The number of hydrogen-bond acceptors (Lipinski definition) is 5. The van der Waals surface area contributed by atoms with Crippen LogP contribution in [0.5, 0.6) is 0 Å². The molecule has 0 unspecified atom stereocenters. The van der Waals surface area contributed by atoms with Crippen molar-refractivity contribution in [2.45, 2.75) is 6.54 Å². The first kappa shape index (κ1) is 13.8.